The van der Waals surface area contributed by atoms with Gasteiger partial charge in [-0.1, -0.05) is 19.3 Å². The molecule has 1 aliphatic rings. The van der Waals surface area contributed by atoms with E-state index in [0.29, 0.717) is 5.92 Å². The van der Waals surface area contributed by atoms with Gasteiger partial charge in [-0.25, -0.2) is 4.79 Å². The first kappa shape index (κ1) is 12.2. The minimum Gasteiger partial charge on any atom is -0.442 e. The zero-order valence-corrected chi connectivity index (χ0v) is 9.95. The molecule has 15 heavy (non-hydrogen) atoms. The maximum Gasteiger partial charge on any atom is 0.433 e. The van der Waals surface area contributed by atoms with Gasteiger partial charge in [0, 0.05) is 6.21 Å². The summed E-state index contributed by atoms with van der Waals surface area (Å²) in [5.74, 6) is 0.478. The van der Waals surface area contributed by atoms with Crippen molar-refractivity contribution < 1.29 is 9.53 Å². The second kappa shape index (κ2) is 5.29. The van der Waals surface area contributed by atoms with Gasteiger partial charge in [0.25, 0.3) is 0 Å². The Balaban J connectivity index is 2.33. The van der Waals surface area contributed by atoms with Crippen molar-refractivity contribution in [2.45, 2.75) is 58.5 Å². The molecule has 3 heteroatoms. The van der Waals surface area contributed by atoms with Crippen molar-refractivity contribution in [1.82, 2.24) is 0 Å². The first-order chi connectivity index (χ1) is 6.97. The molecule has 0 saturated heterocycles. The van der Waals surface area contributed by atoms with Crippen LogP contribution in [0.25, 0.3) is 0 Å². The van der Waals surface area contributed by atoms with Gasteiger partial charge in [0.2, 0.25) is 0 Å². The molecule has 0 aromatic heterocycles. The minimum atomic E-state index is -0.465. The number of ether oxygens (including phenoxy) is 1. The second-order valence-corrected chi connectivity index (χ2v) is 5.16. The van der Waals surface area contributed by atoms with E-state index in [2.05, 4.69) is 4.99 Å². The van der Waals surface area contributed by atoms with Crippen LogP contribution in [0.5, 0.6) is 0 Å². The monoisotopic (exact) mass is 211 g/mol. The van der Waals surface area contributed by atoms with Crippen LogP contribution in [0.1, 0.15) is 52.9 Å². The van der Waals surface area contributed by atoms with Gasteiger partial charge in [-0.3, -0.25) is 0 Å². The van der Waals surface area contributed by atoms with E-state index in [1.165, 1.54) is 19.3 Å². The van der Waals surface area contributed by atoms with Gasteiger partial charge in [-0.15, -0.1) is 0 Å². The summed E-state index contributed by atoms with van der Waals surface area (Å²) in [5.41, 5.74) is -0.443. The molecule has 0 aromatic rings. The van der Waals surface area contributed by atoms with Crippen LogP contribution in [0.2, 0.25) is 0 Å². The lowest BCUT2D eigenvalue weighted by Gasteiger charge is -2.19. The van der Waals surface area contributed by atoms with E-state index in [9.17, 15) is 4.79 Å². The predicted octanol–water partition coefficient (Wildman–Crippen LogP) is 3.57. The summed E-state index contributed by atoms with van der Waals surface area (Å²) in [7, 11) is 0. The highest BCUT2D eigenvalue weighted by molar-refractivity contribution is 5.80. The fourth-order valence-electron chi connectivity index (χ4n) is 1.74. The Kier molecular flexibility index (Phi) is 4.30. The third kappa shape index (κ3) is 5.55. The molecule has 1 rings (SSSR count). The molecule has 0 spiro atoms. The zero-order valence-electron chi connectivity index (χ0n) is 9.95. The molecule has 1 amide bonds. The highest BCUT2D eigenvalue weighted by Crippen LogP contribution is 2.22. The molecule has 0 aliphatic heterocycles. The van der Waals surface area contributed by atoms with E-state index in [0.717, 1.165) is 12.8 Å². The average molecular weight is 211 g/mol. The molecule has 0 aromatic carbocycles. The molecular formula is C12H21NO2. The molecule has 0 unspecified atom stereocenters. The standard InChI is InChI=1S/C12H21NO2/c1-12(2,3)15-11(14)13-9-10-7-5-4-6-8-10/h9-10H,4-8H2,1-3H3/b13-9+. The fourth-order valence-corrected chi connectivity index (χ4v) is 1.74. The smallest absolute Gasteiger partial charge is 0.433 e. The summed E-state index contributed by atoms with van der Waals surface area (Å²) in [6.07, 6.45) is 7.45. The van der Waals surface area contributed by atoms with Gasteiger partial charge in [0.05, 0.1) is 0 Å². The minimum absolute atomic E-state index is 0.443. The molecule has 0 N–H and O–H groups in total. The number of nitrogens with zero attached hydrogens (tertiary/aromatic N) is 1. The van der Waals surface area contributed by atoms with Gasteiger partial charge < -0.3 is 4.74 Å². The summed E-state index contributed by atoms with van der Waals surface area (Å²) < 4.78 is 5.09. The third-order valence-electron chi connectivity index (χ3n) is 2.43. The topological polar surface area (TPSA) is 38.7 Å². The van der Waals surface area contributed by atoms with Gasteiger partial charge >= 0.3 is 6.09 Å². The Hall–Kier alpha value is -0.860. The lowest BCUT2D eigenvalue weighted by molar-refractivity contribution is 0.0604. The quantitative estimate of drug-likeness (QED) is 0.622. The summed E-state index contributed by atoms with van der Waals surface area (Å²) in [4.78, 5) is 15.1. The van der Waals surface area contributed by atoms with Crippen LogP contribution < -0.4 is 0 Å². The van der Waals surface area contributed by atoms with Gasteiger partial charge in [0.1, 0.15) is 5.60 Å². The van der Waals surface area contributed by atoms with E-state index in [1.54, 1.807) is 6.21 Å². The predicted molar refractivity (Wildman–Crippen MR) is 61.3 cm³/mol. The number of carbonyl (C=O) groups is 1. The first-order valence-corrected chi connectivity index (χ1v) is 5.74. The van der Waals surface area contributed by atoms with Gasteiger partial charge in [-0.2, -0.15) is 4.99 Å². The Bertz CT molecular complexity index is 234. The summed E-state index contributed by atoms with van der Waals surface area (Å²) >= 11 is 0. The van der Waals surface area contributed by atoms with Crippen LogP contribution in [0.15, 0.2) is 4.99 Å². The van der Waals surface area contributed by atoms with Crippen LogP contribution in [0.3, 0.4) is 0 Å². The van der Waals surface area contributed by atoms with E-state index in [1.807, 2.05) is 20.8 Å². The van der Waals surface area contributed by atoms with E-state index in [-0.39, 0.29) is 0 Å². The van der Waals surface area contributed by atoms with Gasteiger partial charge in [0.15, 0.2) is 0 Å². The van der Waals surface area contributed by atoms with E-state index in [4.69, 9.17) is 4.74 Å². The number of rotatable bonds is 1. The van der Waals surface area contributed by atoms with Crippen molar-refractivity contribution >= 4 is 12.3 Å². The van der Waals surface area contributed by atoms with E-state index < -0.39 is 11.7 Å². The molecule has 0 radical (unpaired) electrons. The second-order valence-electron chi connectivity index (χ2n) is 5.16. The SMILES string of the molecule is CC(C)(C)OC(=O)/N=C/C1CCCCC1. The van der Waals surface area contributed by atoms with Crippen molar-refractivity contribution in [2.24, 2.45) is 10.9 Å². The molecule has 1 saturated carbocycles. The number of aliphatic imine (C=N–C) groups is 1. The van der Waals surface area contributed by atoms with Gasteiger partial charge in [-0.05, 0) is 39.5 Å². The van der Waals surface area contributed by atoms with Crippen LogP contribution in [-0.2, 0) is 4.74 Å². The lowest BCUT2D eigenvalue weighted by atomic mass is 9.90. The van der Waals surface area contributed by atoms with Crippen LogP contribution in [0.4, 0.5) is 4.79 Å². The maximum absolute atomic E-state index is 11.3. The Morgan fingerprint density at radius 1 is 1.27 bits per heavy atom. The number of amides is 1. The molecule has 0 heterocycles. The maximum atomic E-state index is 11.3. The Morgan fingerprint density at radius 3 is 2.40 bits per heavy atom. The third-order valence-corrected chi connectivity index (χ3v) is 2.43. The Morgan fingerprint density at radius 2 is 1.87 bits per heavy atom. The number of hydrogen-bond acceptors (Lipinski definition) is 2. The highest BCUT2D eigenvalue weighted by Gasteiger charge is 2.16. The normalized spacial score (nSPS) is 19.4. The van der Waals surface area contributed by atoms with Crippen molar-refractivity contribution in [3.05, 3.63) is 0 Å². The number of hydrogen-bond donors (Lipinski definition) is 0. The first-order valence-electron chi connectivity index (χ1n) is 5.74. The van der Waals surface area contributed by atoms with Crippen LogP contribution >= 0.6 is 0 Å². The lowest BCUT2D eigenvalue weighted by Crippen LogP contribution is -2.22. The molecular weight excluding hydrogens is 190 g/mol. The van der Waals surface area contributed by atoms with Crippen LogP contribution in [-0.4, -0.2) is 17.9 Å². The van der Waals surface area contributed by atoms with Crippen LogP contribution in [0, 0.1) is 5.92 Å². The molecule has 3 nitrogen and oxygen atoms in total. The summed E-state index contributed by atoms with van der Waals surface area (Å²) in [5, 5.41) is 0. The molecule has 1 fully saturated rings. The zero-order chi connectivity index (χ0) is 11.3. The van der Waals surface area contributed by atoms with Crippen molar-refractivity contribution in [3.8, 4) is 0 Å². The van der Waals surface area contributed by atoms with Crippen molar-refractivity contribution in [2.75, 3.05) is 0 Å². The molecule has 0 bridgehead atoms. The van der Waals surface area contributed by atoms with Crippen molar-refractivity contribution in [3.63, 3.8) is 0 Å². The molecule has 86 valence electrons. The molecule has 1 aliphatic carbocycles. The largest absolute Gasteiger partial charge is 0.442 e. The summed E-state index contributed by atoms with van der Waals surface area (Å²) in [6, 6.07) is 0. The Labute approximate surface area is 91.9 Å². The number of carbonyl (C=O) groups excluding carboxylic acids is 1. The summed E-state index contributed by atoms with van der Waals surface area (Å²) in [6.45, 7) is 5.54. The van der Waals surface area contributed by atoms with E-state index >= 15 is 0 Å². The highest BCUT2D eigenvalue weighted by atomic mass is 16.6. The average Bonchev–Trinajstić information content (AvgIpc) is 2.14. The fraction of sp³-hybridized carbons (Fsp3) is 0.833. The van der Waals surface area contributed by atoms with Crippen molar-refractivity contribution in [1.29, 1.82) is 0 Å². The molecule has 0 atom stereocenters.